The van der Waals surface area contributed by atoms with Crippen LogP contribution in [-0.4, -0.2) is 34.5 Å². The predicted octanol–water partition coefficient (Wildman–Crippen LogP) is 1.83. The lowest BCUT2D eigenvalue weighted by Gasteiger charge is -2.21. The lowest BCUT2D eigenvalue weighted by atomic mass is 10.1. The topological polar surface area (TPSA) is 81.5 Å². The van der Waals surface area contributed by atoms with E-state index < -0.39 is 5.76 Å². The first-order chi connectivity index (χ1) is 11.0. The lowest BCUT2D eigenvalue weighted by molar-refractivity contribution is -0.132. The zero-order valence-corrected chi connectivity index (χ0v) is 13.8. The highest BCUT2D eigenvalue weighted by molar-refractivity contribution is 6.31. The van der Waals surface area contributed by atoms with Gasteiger partial charge in [-0.25, -0.2) is 4.79 Å². The number of oxazole rings is 1. The highest BCUT2D eigenvalue weighted by Gasteiger charge is 2.31. The molecule has 1 aromatic carbocycles. The van der Waals surface area contributed by atoms with Gasteiger partial charge in [0.2, 0.25) is 5.91 Å². The van der Waals surface area contributed by atoms with Crippen LogP contribution in [0.15, 0.2) is 27.4 Å². The van der Waals surface area contributed by atoms with Crippen molar-refractivity contribution in [2.24, 2.45) is 11.7 Å². The van der Waals surface area contributed by atoms with Crippen molar-refractivity contribution in [1.82, 2.24) is 9.47 Å². The Morgan fingerprint density at radius 1 is 1.48 bits per heavy atom. The Bertz CT molecular complexity index is 782. The molecule has 0 aliphatic carbocycles. The molecular formula is C16H20ClN3O3. The number of hydrogen-bond donors (Lipinski definition) is 1. The first kappa shape index (κ1) is 16.1. The van der Waals surface area contributed by atoms with Gasteiger partial charge in [0.05, 0.1) is 5.52 Å². The highest BCUT2D eigenvalue weighted by Crippen LogP contribution is 2.23. The zero-order chi connectivity index (χ0) is 16.6. The van der Waals surface area contributed by atoms with Crippen LogP contribution >= 0.6 is 11.6 Å². The summed E-state index contributed by atoms with van der Waals surface area (Å²) < 4.78 is 6.65. The summed E-state index contributed by atoms with van der Waals surface area (Å²) in [7, 11) is 0. The monoisotopic (exact) mass is 337 g/mol. The molecule has 6 nitrogen and oxygen atoms in total. The van der Waals surface area contributed by atoms with E-state index in [0.29, 0.717) is 41.7 Å². The van der Waals surface area contributed by atoms with Crippen molar-refractivity contribution in [3.63, 3.8) is 0 Å². The second-order valence-corrected chi connectivity index (χ2v) is 6.55. The molecule has 0 bridgehead atoms. The van der Waals surface area contributed by atoms with E-state index in [-0.39, 0.29) is 18.4 Å². The number of nitrogens with zero attached hydrogens (tertiary/aromatic N) is 2. The van der Waals surface area contributed by atoms with Gasteiger partial charge in [0, 0.05) is 36.6 Å². The summed E-state index contributed by atoms with van der Waals surface area (Å²) in [4.78, 5) is 26.3. The van der Waals surface area contributed by atoms with Gasteiger partial charge in [-0.1, -0.05) is 11.6 Å². The van der Waals surface area contributed by atoms with Gasteiger partial charge in [-0.05, 0) is 37.9 Å². The Kier molecular flexibility index (Phi) is 4.46. The second-order valence-electron chi connectivity index (χ2n) is 6.11. The van der Waals surface area contributed by atoms with Crippen LogP contribution in [0.25, 0.3) is 11.1 Å². The quantitative estimate of drug-likeness (QED) is 0.922. The van der Waals surface area contributed by atoms with Gasteiger partial charge in [-0.2, -0.15) is 0 Å². The fourth-order valence-corrected chi connectivity index (χ4v) is 3.43. The minimum Gasteiger partial charge on any atom is -0.408 e. The van der Waals surface area contributed by atoms with Gasteiger partial charge < -0.3 is 15.1 Å². The van der Waals surface area contributed by atoms with E-state index in [4.69, 9.17) is 21.8 Å². The molecule has 0 saturated carbocycles. The zero-order valence-electron chi connectivity index (χ0n) is 13.0. The molecule has 2 N–H and O–H groups in total. The first-order valence-corrected chi connectivity index (χ1v) is 8.16. The minimum atomic E-state index is -0.468. The van der Waals surface area contributed by atoms with Gasteiger partial charge in [0.1, 0.15) is 0 Å². The average Bonchev–Trinajstić information content (AvgIpc) is 3.04. The van der Waals surface area contributed by atoms with Gasteiger partial charge >= 0.3 is 5.76 Å². The van der Waals surface area contributed by atoms with Crippen molar-refractivity contribution in [2.45, 2.75) is 32.4 Å². The third kappa shape index (κ3) is 3.14. The van der Waals surface area contributed by atoms with E-state index in [1.807, 2.05) is 11.8 Å². The van der Waals surface area contributed by atoms with E-state index in [0.717, 1.165) is 6.42 Å². The molecule has 1 aromatic heterocycles. The molecule has 0 radical (unpaired) electrons. The van der Waals surface area contributed by atoms with E-state index in [1.54, 1.807) is 18.2 Å². The number of carbonyl (C=O) groups excluding carboxylic acids is 1. The summed E-state index contributed by atoms with van der Waals surface area (Å²) in [6, 6.07) is 5.24. The molecule has 1 fully saturated rings. The molecule has 124 valence electrons. The highest BCUT2D eigenvalue weighted by atomic mass is 35.5. The van der Waals surface area contributed by atoms with E-state index in [2.05, 4.69) is 0 Å². The van der Waals surface area contributed by atoms with Crippen molar-refractivity contribution in [1.29, 1.82) is 0 Å². The molecule has 2 unspecified atom stereocenters. The number of benzene rings is 1. The van der Waals surface area contributed by atoms with Crippen LogP contribution in [0.4, 0.5) is 0 Å². The molecule has 23 heavy (non-hydrogen) atoms. The third-order valence-corrected chi connectivity index (χ3v) is 4.73. The van der Waals surface area contributed by atoms with Crippen LogP contribution in [0.3, 0.4) is 0 Å². The molecule has 2 heterocycles. The van der Waals surface area contributed by atoms with Gasteiger partial charge in [0.25, 0.3) is 0 Å². The molecular weight excluding hydrogens is 318 g/mol. The van der Waals surface area contributed by atoms with Crippen LogP contribution in [0, 0.1) is 5.92 Å². The predicted molar refractivity (Wildman–Crippen MR) is 88.4 cm³/mol. The Labute approximate surface area is 138 Å². The molecule has 1 aliphatic rings. The Hall–Kier alpha value is -1.79. The van der Waals surface area contributed by atoms with Crippen LogP contribution in [-0.2, 0) is 11.3 Å². The van der Waals surface area contributed by atoms with E-state index >= 15 is 0 Å². The van der Waals surface area contributed by atoms with Crippen LogP contribution in [0.5, 0.6) is 0 Å². The molecule has 7 heteroatoms. The summed E-state index contributed by atoms with van der Waals surface area (Å²) in [5, 5.41) is 0.508. The number of likely N-dealkylation sites (tertiary alicyclic amines) is 1. The summed E-state index contributed by atoms with van der Waals surface area (Å²) >= 11 is 5.90. The number of hydrogen-bond acceptors (Lipinski definition) is 4. The van der Waals surface area contributed by atoms with E-state index in [1.165, 1.54) is 4.57 Å². The lowest BCUT2D eigenvalue weighted by Crippen LogP contribution is -2.35. The maximum atomic E-state index is 12.4. The van der Waals surface area contributed by atoms with Crippen molar-refractivity contribution in [3.8, 4) is 0 Å². The normalized spacial score (nSPS) is 21.3. The van der Waals surface area contributed by atoms with Crippen LogP contribution < -0.4 is 11.5 Å². The Morgan fingerprint density at radius 3 is 2.96 bits per heavy atom. The Balaban J connectivity index is 1.72. The summed E-state index contributed by atoms with van der Waals surface area (Å²) in [6.45, 7) is 3.63. The SMILES string of the molecule is CC1CC(CN)CN1C(=O)CCn1c(=O)oc2cc(Cl)ccc21. The van der Waals surface area contributed by atoms with Gasteiger partial charge in [-0.3, -0.25) is 9.36 Å². The largest absolute Gasteiger partial charge is 0.419 e. The second kappa shape index (κ2) is 6.37. The maximum absolute atomic E-state index is 12.4. The first-order valence-electron chi connectivity index (χ1n) is 7.78. The number of aryl methyl sites for hydroxylation is 1. The fraction of sp³-hybridized carbons (Fsp3) is 0.500. The van der Waals surface area contributed by atoms with Gasteiger partial charge in [0.15, 0.2) is 5.58 Å². The number of carbonyl (C=O) groups is 1. The van der Waals surface area contributed by atoms with Crippen LogP contribution in [0.1, 0.15) is 19.8 Å². The molecule has 1 aliphatic heterocycles. The molecule has 1 saturated heterocycles. The van der Waals surface area contributed by atoms with Crippen molar-refractivity contribution in [2.75, 3.05) is 13.1 Å². The summed E-state index contributed by atoms with van der Waals surface area (Å²) in [5.41, 5.74) is 6.79. The van der Waals surface area contributed by atoms with Crippen molar-refractivity contribution in [3.05, 3.63) is 33.8 Å². The molecule has 1 amide bonds. The number of nitrogens with two attached hydrogens (primary N) is 1. The minimum absolute atomic E-state index is 0.0451. The smallest absolute Gasteiger partial charge is 0.408 e. The maximum Gasteiger partial charge on any atom is 0.419 e. The summed E-state index contributed by atoms with van der Waals surface area (Å²) in [5.74, 6) is -0.0541. The fourth-order valence-electron chi connectivity index (χ4n) is 3.26. The van der Waals surface area contributed by atoms with Crippen molar-refractivity contribution < 1.29 is 9.21 Å². The number of halogens is 1. The molecule has 3 rings (SSSR count). The number of fused-ring (bicyclic) bond motifs is 1. The van der Waals surface area contributed by atoms with E-state index in [9.17, 15) is 9.59 Å². The van der Waals surface area contributed by atoms with Crippen molar-refractivity contribution >= 4 is 28.6 Å². The number of amides is 1. The average molecular weight is 338 g/mol. The molecule has 0 spiro atoms. The van der Waals surface area contributed by atoms with Gasteiger partial charge in [-0.15, -0.1) is 0 Å². The number of rotatable bonds is 4. The molecule has 2 atom stereocenters. The van der Waals surface area contributed by atoms with Crippen LogP contribution in [0.2, 0.25) is 5.02 Å². The summed E-state index contributed by atoms with van der Waals surface area (Å²) in [6.07, 6.45) is 1.20. The third-order valence-electron chi connectivity index (χ3n) is 4.49. The molecule has 2 aromatic rings. The Morgan fingerprint density at radius 2 is 2.26 bits per heavy atom. The standard InChI is InChI=1S/C16H20ClN3O3/c1-10-6-11(8-18)9-20(10)15(21)4-5-19-13-3-2-12(17)7-14(13)23-16(19)22/h2-3,7,10-11H,4-6,8-9,18H2,1H3. The number of aromatic nitrogens is 1.